The fourth-order valence-electron chi connectivity index (χ4n) is 14.4. The predicted molar refractivity (Wildman–Crippen MR) is 378 cm³/mol. The van der Waals surface area contributed by atoms with Gasteiger partial charge >= 0.3 is 0 Å². The van der Waals surface area contributed by atoms with Gasteiger partial charge in [0, 0.05) is 33.3 Å². The van der Waals surface area contributed by atoms with E-state index in [-0.39, 0.29) is 17.1 Å². The fraction of sp³-hybridized carbons (Fsp3) is 0.108. The van der Waals surface area contributed by atoms with Crippen molar-refractivity contribution in [2.24, 2.45) is 0 Å². The van der Waals surface area contributed by atoms with Gasteiger partial charge in [-0.2, -0.15) is 5.26 Å². The van der Waals surface area contributed by atoms with Crippen molar-refractivity contribution in [3.63, 3.8) is 0 Å². The predicted octanol–water partition coefficient (Wildman–Crippen LogP) is 21.3. The molecule has 17 rings (SSSR count). The van der Waals surface area contributed by atoms with E-state index in [9.17, 15) is 5.26 Å². The lowest BCUT2D eigenvalue weighted by molar-refractivity contribution is 0.590. The zero-order valence-electron chi connectivity index (χ0n) is 51.6. The van der Waals surface area contributed by atoms with Crippen molar-refractivity contribution in [1.82, 2.24) is 18.5 Å². The van der Waals surface area contributed by atoms with Crippen LogP contribution in [0.4, 0.5) is 28.4 Å². The summed E-state index contributed by atoms with van der Waals surface area (Å²) in [6.45, 7) is 13.7. The highest BCUT2D eigenvalue weighted by atomic mass is 15.5. The Hall–Kier alpha value is -11.4. The minimum absolute atomic E-state index is 0.102. The van der Waals surface area contributed by atoms with Gasteiger partial charge in [-0.1, -0.05) is 205 Å². The molecule has 0 radical (unpaired) electrons. The number of nitrogens with zero attached hydrogens (tertiary/aromatic N) is 7. The van der Waals surface area contributed by atoms with Crippen LogP contribution in [0, 0.1) is 11.3 Å². The van der Waals surface area contributed by atoms with Crippen LogP contribution >= 0.6 is 0 Å². The molecule has 91 heavy (non-hydrogen) atoms. The van der Waals surface area contributed by atoms with Gasteiger partial charge in [-0.15, -0.1) is 0 Å². The van der Waals surface area contributed by atoms with Crippen molar-refractivity contribution in [2.45, 2.75) is 58.7 Å². The Morgan fingerprint density at radius 3 is 1.52 bits per heavy atom. The number of nitriles is 1. The molecule has 0 fully saturated rings. The number of fused-ring (bicyclic) bond motifs is 13. The average Bonchev–Trinajstić information content (AvgIpc) is 1.62. The molecule has 8 heteroatoms. The Balaban J connectivity index is 0.968. The van der Waals surface area contributed by atoms with Crippen molar-refractivity contribution in [3.05, 3.63) is 284 Å². The fourth-order valence-corrected chi connectivity index (χ4v) is 14.4. The van der Waals surface area contributed by atoms with Gasteiger partial charge in [0.25, 0.3) is 0 Å². The van der Waals surface area contributed by atoms with Gasteiger partial charge in [-0.3, -0.25) is 13.9 Å². The summed E-state index contributed by atoms with van der Waals surface area (Å²) < 4.78 is 7.03. The molecule has 0 aliphatic carbocycles. The largest absolute Gasteiger partial charge is 0.346 e. The summed E-state index contributed by atoms with van der Waals surface area (Å²) in [5, 5.41) is 18.9. The molecule has 1 N–H and O–H groups in total. The number of hydrogen-bond acceptors (Lipinski definition) is 5. The monoisotopic (exact) mass is 1170 g/mol. The van der Waals surface area contributed by atoms with Gasteiger partial charge in [-0.25, -0.2) is 4.98 Å². The summed E-state index contributed by atoms with van der Waals surface area (Å²) in [4.78, 5) is 10.3. The first kappa shape index (κ1) is 53.8. The van der Waals surface area contributed by atoms with Crippen LogP contribution in [-0.2, 0) is 10.8 Å². The zero-order chi connectivity index (χ0) is 61.4. The first-order chi connectivity index (χ1) is 44.4. The number of aromatic nitrogens is 4. The van der Waals surface area contributed by atoms with E-state index in [1.54, 1.807) is 0 Å². The third kappa shape index (κ3) is 8.52. The number of imidazole rings is 2. The second kappa shape index (κ2) is 20.3. The van der Waals surface area contributed by atoms with E-state index in [4.69, 9.17) is 4.98 Å². The van der Waals surface area contributed by atoms with E-state index >= 15 is 0 Å². The lowest BCUT2D eigenvalue weighted by atomic mass is 9.84. The Bertz CT molecular complexity index is 5400. The summed E-state index contributed by atoms with van der Waals surface area (Å²) >= 11 is 0. The van der Waals surface area contributed by atoms with Gasteiger partial charge in [0.15, 0.2) is 6.29 Å². The maximum atomic E-state index is 12.6. The summed E-state index contributed by atoms with van der Waals surface area (Å²) in [5.41, 5.74) is 26.2. The van der Waals surface area contributed by atoms with E-state index in [0.717, 1.165) is 134 Å². The summed E-state index contributed by atoms with van der Waals surface area (Å²) in [7, 11) is 0. The quantitative estimate of drug-likeness (QED) is 0.164. The van der Waals surface area contributed by atoms with Crippen molar-refractivity contribution in [3.8, 4) is 73.1 Å². The van der Waals surface area contributed by atoms with E-state index < -0.39 is 0 Å². The van der Waals surface area contributed by atoms with Crippen LogP contribution < -0.4 is 15.1 Å². The molecule has 15 aromatic rings. The van der Waals surface area contributed by atoms with E-state index in [2.05, 4.69) is 343 Å². The van der Waals surface area contributed by atoms with Crippen LogP contribution in [0.1, 0.15) is 58.2 Å². The van der Waals surface area contributed by atoms with E-state index in [0.29, 0.717) is 5.56 Å². The van der Waals surface area contributed by atoms with Gasteiger partial charge in [-0.05, 0) is 170 Å². The highest BCUT2D eigenvalue weighted by Gasteiger charge is 2.44. The number of para-hydroxylation sites is 2. The Morgan fingerprint density at radius 2 is 0.901 bits per heavy atom. The van der Waals surface area contributed by atoms with Crippen LogP contribution in [0.3, 0.4) is 0 Å². The normalized spacial score (nSPS) is 13.7. The SMILES string of the molecule is CC(C)(C)c1ccc2c(c1)c1cc(C(C)(C)C)ccc1n2-c1cc(-c2ccccc2)c(-c2ccc3c(c2)N2c4cc(-c5ccccc5)ccc4N(c4ccccc4)C2N3)c(C#N)c1-c1ccc2nc3n(-c4ccccc4)c4ccc(-c5ccccc5)cc4n3c2c1. The molecule has 0 saturated heterocycles. The minimum atomic E-state index is -0.251. The van der Waals surface area contributed by atoms with Crippen LogP contribution in [-0.4, -0.2) is 24.8 Å². The van der Waals surface area contributed by atoms with Crippen LogP contribution in [0.15, 0.2) is 267 Å². The molecule has 0 amide bonds. The molecule has 3 aromatic heterocycles. The van der Waals surface area contributed by atoms with Gasteiger partial charge < -0.3 is 14.8 Å². The minimum Gasteiger partial charge on any atom is -0.346 e. The standard InChI is InChI=1S/C83H64N8/c1-82(2,3)59-36-42-69-64(48-59)65-49-60(83(4,5)6)37-43-70(65)89(69)77-50-63(54-26-16-9-17-27-54)78(57-32-38-67-73(46-57)90-75-44-55(52-22-12-7-13-23-52)34-40-71(75)87(80(90)85-67)61-28-18-10-19-29-61)66(51-84)79(77)58-33-39-68-74(47-58)91-76-45-56(53-24-14-8-15-25-53)35-41-72(76)88(81(91)86-68)62-30-20-11-21-31-62/h7-50,80,85H,1-6H3. The maximum absolute atomic E-state index is 12.6. The summed E-state index contributed by atoms with van der Waals surface area (Å²) in [5.74, 6) is 0.807. The van der Waals surface area contributed by atoms with E-state index in [1.165, 1.54) is 21.9 Å². The lowest BCUT2D eigenvalue weighted by Gasteiger charge is -2.27. The third-order valence-electron chi connectivity index (χ3n) is 18.9. The van der Waals surface area contributed by atoms with Crippen molar-refractivity contribution < 1.29 is 0 Å². The van der Waals surface area contributed by atoms with Crippen molar-refractivity contribution in [1.29, 1.82) is 5.26 Å². The smallest absolute Gasteiger partial charge is 0.220 e. The Morgan fingerprint density at radius 1 is 0.385 bits per heavy atom. The van der Waals surface area contributed by atoms with Gasteiger partial charge in [0.1, 0.15) is 6.07 Å². The van der Waals surface area contributed by atoms with Crippen LogP contribution in [0.5, 0.6) is 0 Å². The number of anilines is 5. The molecule has 0 bridgehead atoms. The second-order valence-corrected chi connectivity index (χ2v) is 26.4. The molecule has 2 aliphatic heterocycles. The molecule has 0 spiro atoms. The Labute approximate surface area is 529 Å². The van der Waals surface area contributed by atoms with Crippen molar-refractivity contribution in [2.75, 3.05) is 15.1 Å². The zero-order valence-corrected chi connectivity index (χ0v) is 51.6. The number of rotatable bonds is 8. The Kier molecular flexibility index (Phi) is 12.0. The number of nitrogens with one attached hydrogen (secondary N) is 1. The first-order valence-electron chi connectivity index (χ1n) is 31.4. The van der Waals surface area contributed by atoms with Crippen LogP contribution in [0.25, 0.3) is 117 Å². The third-order valence-corrected chi connectivity index (χ3v) is 18.9. The molecular formula is C83H64N8. The highest BCUT2D eigenvalue weighted by molar-refractivity contribution is 6.12. The maximum Gasteiger partial charge on any atom is 0.220 e. The number of benzene rings is 12. The first-order valence-corrected chi connectivity index (χ1v) is 31.4. The summed E-state index contributed by atoms with van der Waals surface area (Å²) in [6, 6.07) is 99.4. The second-order valence-electron chi connectivity index (χ2n) is 26.4. The molecule has 12 aromatic carbocycles. The molecule has 5 heterocycles. The average molecular weight is 1170 g/mol. The van der Waals surface area contributed by atoms with Crippen molar-refractivity contribution >= 4 is 78.1 Å². The summed E-state index contributed by atoms with van der Waals surface area (Å²) in [6.07, 6.45) is -0.251. The molecule has 2 aliphatic rings. The molecule has 436 valence electrons. The molecular weight excluding hydrogens is 1110 g/mol. The molecule has 1 unspecified atom stereocenters. The van der Waals surface area contributed by atoms with Gasteiger partial charge in [0.2, 0.25) is 5.78 Å². The molecule has 1 atom stereocenters. The molecule has 0 saturated carbocycles. The highest BCUT2D eigenvalue weighted by Crippen LogP contribution is 2.56. The number of hydrogen-bond donors (Lipinski definition) is 1. The molecule has 8 nitrogen and oxygen atoms in total. The lowest BCUT2D eigenvalue weighted by Crippen LogP contribution is -2.40. The topological polar surface area (TPSA) is 69.5 Å². The van der Waals surface area contributed by atoms with E-state index in [1.807, 2.05) is 0 Å². The van der Waals surface area contributed by atoms with Crippen LogP contribution in [0.2, 0.25) is 0 Å². The van der Waals surface area contributed by atoms with Gasteiger partial charge in [0.05, 0.1) is 67.1 Å².